The lowest BCUT2D eigenvalue weighted by Gasteiger charge is -2.38. The Hall–Kier alpha value is -3.07. The first-order chi connectivity index (χ1) is 17.2. The van der Waals surface area contributed by atoms with Gasteiger partial charge in [-0.3, -0.25) is 4.79 Å². The fraction of sp³-hybridized carbons (Fsp3) is 0.481. The maximum absolute atomic E-state index is 12.2. The van der Waals surface area contributed by atoms with E-state index in [0.29, 0.717) is 26.3 Å². The predicted molar refractivity (Wildman–Crippen MR) is 126 cm³/mol. The van der Waals surface area contributed by atoms with Crippen molar-refractivity contribution in [3.05, 3.63) is 59.7 Å². The van der Waals surface area contributed by atoms with Crippen LogP contribution in [0.25, 0.3) is 0 Å². The van der Waals surface area contributed by atoms with Crippen LogP contribution in [-0.4, -0.2) is 55.9 Å². The quantitative estimate of drug-likeness (QED) is 0.276. The Kier molecular flexibility index (Phi) is 8.18. The molecule has 1 spiro atoms. The second-order valence-electron chi connectivity index (χ2n) is 9.37. The standard InChI is InChI=1S/C27H30F3NO5/c28-27(29,30)25(33)36-24(32)11-14-31-15-12-26(13-16-31)19-35-23-18-21(9-10-22(23)26)34-17-5-4-8-20-6-2-1-3-7-20/h1-3,6-7,9-10,18H,4-5,8,11-17,19H2. The van der Waals surface area contributed by atoms with E-state index in [9.17, 15) is 22.8 Å². The van der Waals surface area contributed by atoms with E-state index in [1.54, 1.807) is 0 Å². The highest BCUT2D eigenvalue weighted by Gasteiger charge is 2.44. The van der Waals surface area contributed by atoms with Crippen LogP contribution >= 0.6 is 0 Å². The molecule has 2 aromatic carbocycles. The minimum Gasteiger partial charge on any atom is -0.493 e. The number of likely N-dealkylation sites (tertiary alicyclic amines) is 1. The van der Waals surface area contributed by atoms with E-state index in [4.69, 9.17) is 9.47 Å². The van der Waals surface area contributed by atoms with Gasteiger partial charge in [0.15, 0.2) is 0 Å². The Morgan fingerprint density at radius 2 is 1.78 bits per heavy atom. The third-order valence-corrected chi connectivity index (χ3v) is 6.88. The Morgan fingerprint density at radius 3 is 2.50 bits per heavy atom. The number of halogens is 3. The molecule has 36 heavy (non-hydrogen) atoms. The molecule has 0 unspecified atom stereocenters. The zero-order valence-corrected chi connectivity index (χ0v) is 20.0. The summed E-state index contributed by atoms with van der Waals surface area (Å²) in [6.45, 7) is 2.79. The first kappa shape index (κ1) is 26.0. The van der Waals surface area contributed by atoms with Crippen LogP contribution in [0.5, 0.6) is 11.5 Å². The van der Waals surface area contributed by atoms with E-state index in [1.807, 2.05) is 23.1 Å². The van der Waals surface area contributed by atoms with Gasteiger partial charge >= 0.3 is 18.1 Å². The number of benzene rings is 2. The number of rotatable bonds is 9. The van der Waals surface area contributed by atoms with E-state index in [1.165, 1.54) is 5.56 Å². The van der Waals surface area contributed by atoms with E-state index in [2.05, 4.69) is 35.1 Å². The van der Waals surface area contributed by atoms with Crippen molar-refractivity contribution in [3.8, 4) is 11.5 Å². The van der Waals surface area contributed by atoms with Crippen molar-refractivity contribution >= 4 is 11.9 Å². The molecule has 0 bridgehead atoms. The van der Waals surface area contributed by atoms with Crippen molar-refractivity contribution in [1.82, 2.24) is 4.90 Å². The highest BCUT2D eigenvalue weighted by molar-refractivity contribution is 5.88. The Balaban J connectivity index is 1.20. The molecule has 1 saturated heterocycles. The van der Waals surface area contributed by atoms with Crippen molar-refractivity contribution in [2.75, 3.05) is 32.8 Å². The number of nitrogens with zero attached hydrogens (tertiary/aromatic N) is 1. The summed E-state index contributed by atoms with van der Waals surface area (Å²) in [7, 11) is 0. The average Bonchev–Trinajstić information content (AvgIpc) is 3.21. The molecule has 6 nitrogen and oxygen atoms in total. The smallest absolute Gasteiger partial charge is 0.491 e. The first-order valence-corrected chi connectivity index (χ1v) is 12.2. The third-order valence-electron chi connectivity index (χ3n) is 6.88. The molecule has 0 aliphatic carbocycles. The van der Waals surface area contributed by atoms with Crippen molar-refractivity contribution < 1.29 is 37.0 Å². The summed E-state index contributed by atoms with van der Waals surface area (Å²) < 4.78 is 52.4. The summed E-state index contributed by atoms with van der Waals surface area (Å²) >= 11 is 0. The first-order valence-electron chi connectivity index (χ1n) is 12.2. The fourth-order valence-electron chi connectivity index (χ4n) is 4.79. The molecule has 0 radical (unpaired) electrons. The van der Waals surface area contributed by atoms with Gasteiger partial charge in [0.2, 0.25) is 0 Å². The van der Waals surface area contributed by atoms with Crippen LogP contribution in [0.4, 0.5) is 13.2 Å². The van der Waals surface area contributed by atoms with Crippen LogP contribution in [0.3, 0.4) is 0 Å². The molecule has 0 aromatic heterocycles. The number of piperidine rings is 1. The van der Waals surface area contributed by atoms with Crippen LogP contribution in [0, 0.1) is 0 Å². The Bertz CT molecular complexity index is 1050. The molecule has 2 aliphatic heterocycles. The second kappa shape index (κ2) is 11.3. The molecule has 0 N–H and O–H groups in total. The van der Waals surface area contributed by atoms with Crippen LogP contribution in [0.15, 0.2) is 48.5 Å². The van der Waals surface area contributed by atoms with Crippen molar-refractivity contribution in [2.24, 2.45) is 0 Å². The number of hydrogen-bond donors (Lipinski definition) is 0. The molecule has 2 heterocycles. The number of carbonyl (C=O) groups excluding carboxylic acids is 2. The van der Waals surface area contributed by atoms with Gasteiger partial charge in [0, 0.05) is 23.6 Å². The van der Waals surface area contributed by atoms with E-state index >= 15 is 0 Å². The van der Waals surface area contributed by atoms with Crippen LogP contribution in [-0.2, 0) is 26.2 Å². The van der Waals surface area contributed by atoms with Gasteiger partial charge in [-0.05, 0) is 56.8 Å². The van der Waals surface area contributed by atoms with Gasteiger partial charge in [-0.25, -0.2) is 4.79 Å². The lowest BCUT2D eigenvalue weighted by molar-refractivity contribution is -0.201. The molecule has 2 aromatic rings. The predicted octanol–water partition coefficient (Wildman–Crippen LogP) is 4.84. The monoisotopic (exact) mass is 505 g/mol. The lowest BCUT2D eigenvalue weighted by atomic mass is 9.74. The van der Waals surface area contributed by atoms with Crippen molar-refractivity contribution in [3.63, 3.8) is 0 Å². The molecule has 2 aliphatic rings. The molecule has 0 saturated carbocycles. The number of hydrogen-bond acceptors (Lipinski definition) is 6. The molecular weight excluding hydrogens is 475 g/mol. The largest absolute Gasteiger partial charge is 0.493 e. The lowest BCUT2D eigenvalue weighted by Crippen LogP contribution is -2.44. The van der Waals surface area contributed by atoms with Gasteiger partial charge in [0.25, 0.3) is 0 Å². The summed E-state index contributed by atoms with van der Waals surface area (Å²) in [6, 6.07) is 16.4. The number of alkyl halides is 3. The molecule has 9 heteroatoms. The zero-order valence-electron chi connectivity index (χ0n) is 20.0. The van der Waals surface area contributed by atoms with Gasteiger partial charge in [0.1, 0.15) is 11.5 Å². The number of unbranched alkanes of at least 4 members (excludes halogenated alkanes) is 1. The van der Waals surface area contributed by atoms with Crippen molar-refractivity contribution in [1.29, 1.82) is 0 Å². The minimum atomic E-state index is -5.17. The topological polar surface area (TPSA) is 65.1 Å². The Labute approximate surface area is 208 Å². The van der Waals surface area contributed by atoms with E-state index in [0.717, 1.165) is 49.2 Å². The van der Waals surface area contributed by atoms with Crippen LogP contribution in [0.2, 0.25) is 0 Å². The molecule has 194 valence electrons. The summed E-state index contributed by atoms with van der Waals surface area (Å²) in [5.41, 5.74) is 2.36. The molecule has 4 rings (SSSR count). The fourth-order valence-corrected chi connectivity index (χ4v) is 4.79. The maximum atomic E-state index is 12.2. The van der Waals surface area contributed by atoms with Crippen molar-refractivity contribution in [2.45, 2.75) is 50.1 Å². The third kappa shape index (κ3) is 6.57. The van der Waals surface area contributed by atoms with Gasteiger partial charge in [-0.15, -0.1) is 0 Å². The number of carbonyl (C=O) groups is 2. The summed E-state index contributed by atoms with van der Waals surface area (Å²) in [4.78, 5) is 24.3. The summed E-state index contributed by atoms with van der Waals surface area (Å²) in [5, 5.41) is 0. The second-order valence-corrected chi connectivity index (χ2v) is 9.37. The molecular formula is C27H30F3NO5. The number of aryl methyl sites for hydroxylation is 1. The van der Waals surface area contributed by atoms with E-state index < -0.39 is 18.1 Å². The van der Waals surface area contributed by atoms with Crippen LogP contribution in [0.1, 0.15) is 43.2 Å². The molecule has 0 amide bonds. The molecule has 1 fully saturated rings. The highest BCUT2D eigenvalue weighted by Crippen LogP contribution is 2.46. The Morgan fingerprint density at radius 1 is 1.03 bits per heavy atom. The zero-order chi connectivity index (χ0) is 25.6. The number of ether oxygens (including phenoxy) is 3. The SMILES string of the molecule is O=C(CCN1CCC2(CC1)COc1cc(OCCCCc3ccccc3)ccc12)OC(=O)C(F)(F)F. The number of esters is 2. The molecule has 0 atom stereocenters. The number of fused-ring (bicyclic) bond motifs is 2. The van der Waals surface area contributed by atoms with Gasteiger partial charge < -0.3 is 19.1 Å². The summed E-state index contributed by atoms with van der Waals surface area (Å²) in [5.74, 6) is -2.02. The maximum Gasteiger partial charge on any atom is 0.491 e. The average molecular weight is 506 g/mol. The van der Waals surface area contributed by atoms with Gasteiger partial charge in [0.05, 0.1) is 19.6 Å². The highest BCUT2D eigenvalue weighted by atomic mass is 19.4. The minimum absolute atomic E-state index is 0.118. The van der Waals surface area contributed by atoms with Crippen LogP contribution < -0.4 is 9.47 Å². The van der Waals surface area contributed by atoms with Gasteiger partial charge in [-0.1, -0.05) is 36.4 Å². The summed E-state index contributed by atoms with van der Waals surface area (Å²) in [6.07, 6.45) is -0.785. The van der Waals surface area contributed by atoms with Gasteiger partial charge in [-0.2, -0.15) is 13.2 Å². The van der Waals surface area contributed by atoms with E-state index in [-0.39, 0.29) is 18.4 Å². The normalized spacial score (nSPS) is 16.9.